The number of nitrogens with two attached hydrogens (primary N) is 1. The van der Waals surface area contributed by atoms with Gasteiger partial charge in [-0.15, -0.1) is 0 Å². The lowest BCUT2D eigenvalue weighted by molar-refractivity contribution is 0.0837. The predicted octanol–water partition coefficient (Wildman–Crippen LogP) is 2.20. The van der Waals surface area contributed by atoms with Crippen molar-refractivity contribution in [2.75, 3.05) is 23.7 Å². The first-order valence-electron chi connectivity index (χ1n) is 9.66. The van der Waals surface area contributed by atoms with Crippen LogP contribution < -0.4 is 25.8 Å². The quantitative estimate of drug-likeness (QED) is 0.508. The molecule has 1 unspecified atom stereocenters. The molecule has 0 radical (unpaired) electrons. The summed E-state index contributed by atoms with van der Waals surface area (Å²) in [4.78, 5) is 17.0. The summed E-state index contributed by atoms with van der Waals surface area (Å²) in [5, 5.41) is 6.05. The highest BCUT2D eigenvalue weighted by Gasteiger charge is 2.31. The van der Waals surface area contributed by atoms with Crippen LogP contribution in [0, 0.1) is 0 Å². The van der Waals surface area contributed by atoms with E-state index >= 15 is 0 Å². The van der Waals surface area contributed by atoms with Gasteiger partial charge >= 0.3 is 0 Å². The summed E-state index contributed by atoms with van der Waals surface area (Å²) < 4.78 is 24.4. The molecular formula is C20H26N6O3S. The van der Waals surface area contributed by atoms with E-state index in [4.69, 9.17) is 10.5 Å². The molecule has 5 N–H and O–H groups in total. The van der Waals surface area contributed by atoms with Gasteiger partial charge in [0.25, 0.3) is 5.91 Å². The molecule has 0 spiro atoms. The molecule has 0 fully saturated rings. The summed E-state index contributed by atoms with van der Waals surface area (Å²) >= 11 is -1.61. The van der Waals surface area contributed by atoms with E-state index in [0.717, 1.165) is 0 Å². The number of anilines is 2. The minimum absolute atomic E-state index is 0.150. The Hall–Kier alpha value is -3.14. The van der Waals surface area contributed by atoms with Crippen molar-refractivity contribution in [3.63, 3.8) is 0 Å². The first-order chi connectivity index (χ1) is 14.4. The van der Waals surface area contributed by atoms with Crippen LogP contribution in [0.4, 0.5) is 11.5 Å². The number of amidine groups is 1. The zero-order chi connectivity index (χ0) is 21.7. The Kier molecular flexibility index (Phi) is 6.56. The number of carbonyl (C=O) groups excluding carboxylic acids is 1. The summed E-state index contributed by atoms with van der Waals surface area (Å²) in [5.74, 6) is 1.08. The molecule has 1 aromatic heterocycles. The van der Waals surface area contributed by atoms with Crippen molar-refractivity contribution in [2.24, 2.45) is 10.1 Å². The number of aromatic nitrogens is 1. The molecule has 0 saturated heterocycles. The van der Waals surface area contributed by atoms with Crippen LogP contribution in [0.2, 0.25) is 0 Å². The van der Waals surface area contributed by atoms with Crippen LogP contribution in [0.3, 0.4) is 0 Å². The van der Waals surface area contributed by atoms with Crippen molar-refractivity contribution in [3.05, 3.63) is 47.7 Å². The maximum Gasteiger partial charge on any atom is 0.252 e. The minimum Gasteiger partial charge on any atom is -0.490 e. The molecule has 9 nitrogen and oxygen atoms in total. The highest BCUT2D eigenvalue weighted by atomic mass is 32.2. The monoisotopic (exact) mass is 430 g/mol. The zero-order valence-electron chi connectivity index (χ0n) is 17.2. The molecule has 1 amide bonds. The molecule has 1 aliphatic rings. The van der Waals surface area contributed by atoms with Crippen LogP contribution in [-0.4, -0.2) is 40.1 Å². The van der Waals surface area contributed by atoms with Crippen LogP contribution in [-0.2, 0) is 11.2 Å². The standard InChI is InChI=1S/C20H26N6O3S/c1-4-20(5-2,24-19(27)13-9-10-23-16(11-13)22-3)12-29-15-8-6-7-14-17(15)18(21)26-30(28)25-14/h6-11,25H,4-5,12H2,1-3H3,(H2,21,26)(H,22,23)(H,24,27). The average molecular weight is 431 g/mol. The number of fused-ring (bicyclic) bond motifs is 1. The fraction of sp³-hybridized carbons (Fsp3) is 0.350. The summed E-state index contributed by atoms with van der Waals surface area (Å²) in [6.45, 7) is 4.24. The molecule has 0 bridgehead atoms. The fourth-order valence-electron chi connectivity index (χ4n) is 3.16. The van der Waals surface area contributed by atoms with E-state index in [1.54, 1.807) is 43.6 Å². The Morgan fingerprint density at radius 3 is 2.77 bits per heavy atom. The van der Waals surface area contributed by atoms with E-state index in [-0.39, 0.29) is 18.3 Å². The van der Waals surface area contributed by atoms with Crippen LogP contribution >= 0.6 is 0 Å². The smallest absolute Gasteiger partial charge is 0.252 e. The van der Waals surface area contributed by atoms with Gasteiger partial charge < -0.3 is 21.1 Å². The number of nitrogens with one attached hydrogen (secondary N) is 3. The molecular weight excluding hydrogens is 404 g/mol. The predicted molar refractivity (Wildman–Crippen MR) is 119 cm³/mol. The maximum atomic E-state index is 12.9. The number of pyridine rings is 1. The summed E-state index contributed by atoms with van der Waals surface area (Å²) in [6.07, 6.45) is 2.92. The fourth-order valence-corrected chi connectivity index (χ4v) is 3.83. The third-order valence-electron chi connectivity index (χ3n) is 5.18. The topological polar surface area (TPSA) is 131 Å². The zero-order valence-corrected chi connectivity index (χ0v) is 18.0. The van der Waals surface area contributed by atoms with E-state index in [9.17, 15) is 9.00 Å². The highest BCUT2D eigenvalue weighted by Crippen LogP contribution is 2.30. The first-order valence-corrected chi connectivity index (χ1v) is 10.8. The Bertz CT molecular complexity index is 990. The van der Waals surface area contributed by atoms with Gasteiger partial charge in [-0.3, -0.25) is 9.52 Å². The van der Waals surface area contributed by atoms with Gasteiger partial charge in [-0.2, -0.15) is 4.40 Å². The molecule has 30 heavy (non-hydrogen) atoms. The van der Waals surface area contributed by atoms with Crippen molar-refractivity contribution >= 4 is 34.4 Å². The van der Waals surface area contributed by atoms with Crippen molar-refractivity contribution in [2.45, 2.75) is 32.2 Å². The number of nitrogens with zero attached hydrogens (tertiary/aromatic N) is 2. The molecule has 2 heterocycles. The SMILES string of the molecule is CCC(CC)(COc1cccc2c1C(N)=NS(=O)N2)NC(=O)c1ccnc(NC)c1. The molecule has 160 valence electrons. The molecule has 1 aromatic carbocycles. The highest BCUT2D eigenvalue weighted by molar-refractivity contribution is 7.85. The molecule has 10 heteroatoms. The molecule has 0 saturated carbocycles. The van der Waals surface area contributed by atoms with Gasteiger partial charge in [-0.1, -0.05) is 19.9 Å². The number of amides is 1. The van der Waals surface area contributed by atoms with E-state index in [2.05, 4.69) is 24.7 Å². The van der Waals surface area contributed by atoms with Crippen LogP contribution in [0.25, 0.3) is 0 Å². The van der Waals surface area contributed by atoms with Gasteiger partial charge in [0.2, 0.25) is 11.2 Å². The second-order valence-corrected chi connectivity index (χ2v) is 7.80. The van der Waals surface area contributed by atoms with Crippen molar-refractivity contribution in [1.82, 2.24) is 10.3 Å². The molecule has 1 atom stereocenters. The first kappa shape index (κ1) is 21.6. The summed E-state index contributed by atoms with van der Waals surface area (Å²) in [5.41, 5.74) is 7.07. The third kappa shape index (κ3) is 4.54. The second kappa shape index (κ2) is 9.12. The number of carbonyl (C=O) groups is 1. The number of hydrogen-bond acceptors (Lipinski definition) is 6. The van der Waals surface area contributed by atoms with Gasteiger partial charge in [0.15, 0.2) is 0 Å². The lowest BCUT2D eigenvalue weighted by atomic mass is 9.93. The van der Waals surface area contributed by atoms with Gasteiger partial charge in [0.1, 0.15) is 24.0 Å². The van der Waals surface area contributed by atoms with Crippen LogP contribution in [0.1, 0.15) is 42.6 Å². The molecule has 1 aliphatic heterocycles. The minimum atomic E-state index is -1.61. The van der Waals surface area contributed by atoms with Crippen LogP contribution in [0.15, 0.2) is 40.9 Å². The Balaban J connectivity index is 1.80. The van der Waals surface area contributed by atoms with Crippen molar-refractivity contribution < 1.29 is 13.7 Å². The Morgan fingerprint density at radius 2 is 2.07 bits per heavy atom. The molecule has 2 aromatic rings. The Labute approximate surface area is 178 Å². The summed E-state index contributed by atoms with van der Waals surface area (Å²) in [7, 11) is 1.75. The van der Waals surface area contributed by atoms with E-state index in [0.29, 0.717) is 41.2 Å². The lowest BCUT2D eigenvalue weighted by Crippen LogP contribution is -2.52. The second-order valence-electron chi connectivity index (χ2n) is 6.92. The average Bonchev–Trinajstić information content (AvgIpc) is 2.76. The number of benzene rings is 1. The number of rotatable bonds is 8. The molecule has 0 aliphatic carbocycles. The normalized spacial score (nSPS) is 15.4. The number of ether oxygens (including phenoxy) is 1. The van der Waals surface area contributed by atoms with E-state index in [1.807, 2.05) is 13.8 Å². The van der Waals surface area contributed by atoms with Crippen LogP contribution in [0.5, 0.6) is 5.75 Å². The summed E-state index contributed by atoms with van der Waals surface area (Å²) in [6, 6.07) is 8.69. The van der Waals surface area contributed by atoms with Gasteiger partial charge in [0.05, 0.1) is 16.8 Å². The van der Waals surface area contributed by atoms with E-state index < -0.39 is 16.7 Å². The lowest BCUT2D eigenvalue weighted by Gasteiger charge is -2.33. The van der Waals surface area contributed by atoms with Crippen molar-refractivity contribution in [1.29, 1.82) is 0 Å². The van der Waals surface area contributed by atoms with Crippen molar-refractivity contribution in [3.8, 4) is 5.75 Å². The van der Waals surface area contributed by atoms with Gasteiger partial charge in [-0.05, 0) is 37.1 Å². The van der Waals surface area contributed by atoms with Gasteiger partial charge in [-0.25, -0.2) is 9.19 Å². The van der Waals surface area contributed by atoms with Gasteiger partial charge in [0, 0.05) is 18.8 Å². The third-order valence-corrected chi connectivity index (χ3v) is 5.93. The molecule has 3 rings (SSSR count). The van der Waals surface area contributed by atoms with E-state index in [1.165, 1.54) is 0 Å². The number of hydrogen-bond donors (Lipinski definition) is 4. The Morgan fingerprint density at radius 1 is 1.30 bits per heavy atom. The maximum absolute atomic E-state index is 12.9. The largest absolute Gasteiger partial charge is 0.490 e.